The second-order valence-corrected chi connectivity index (χ2v) is 3.98. The zero-order valence-electron chi connectivity index (χ0n) is 10.3. The fraction of sp³-hybridized carbons (Fsp3) is 0.308. The van der Waals surface area contributed by atoms with Crippen LogP contribution in [0.25, 0.3) is 0 Å². The molecule has 0 spiro atoms. The normalized spacial score (nSPS) is 10.7. The smallest absolute Gasteiger partial charge is 0.387 e. The molecule has 0 saturated heterocycles. The van der Waals surface area contributed by atoms with E-state index in [1.54, 1.807) is 24.7 Å². The van der Waals surface area contributed by atoms with Crippen LogP contribution in [-0.2, 0) is 6.54 Å². The molecule has 0 saturated carbocycles. The number of anilines is 1. The van der Waals surface area contributed by atoms with Crippen molar-refractivity contribution >= 4 is 5.69 Å². The van der Waals surface area contributed by atoms with Crippen molar-refractivity contribution in [2.45, 2.75) is 19.6 Å². The maximum absolute atomic E-state index is 12.0. The summed E-state index contributed by atoms with van der Waals surface area (Å²) in [5, 5.41) is 3.21. The van der Waals surface area contributed by atoms with Gasteiger partial charge in [0.25, 0.3) is 0 Å². The Kier molecular flexibility index (Phi) is 4.72. The molecule has 0 atom stereocenters. The number of aromatic nitrogens is 2. The molecule has 1 N–H and O–H groups in total. The van der Waals surface area contributed by atoms with E-state index in [1.165, 1.54) is 12.1 Å². The van der Waals surface area contributed by atoms with Crippen LogP contribution in [0.15, 0.2) is 43.0 Å². The maximum Gasteiger partial charge on any atom is 0.387 e. The lowest BCUT2D eigenvalue weighted by Gasteiger charge is -2.08. The number of ether oxygens (including phenoxy) is 1. The zero-order chi connectivity index (χ0) is 13.5. The summed E-state index contributed by atoms with van der Waals surface area (Å²) >= 11 is 0. The third kappa shape index (κ3) is 4.57. The molecule has 1 heterocycles. The van der Waals surface area contributed by atoms with Crippen LogP contribution in [-0.4, -0.2) is 22.7 Å². The third-order valence-corrected chi connectivity index (χ3v) is 2.56. The van der Waals surface area contributed by atoms with Gasteiger partial charge < -0.3 is 14.6 Å². The van der Waals surface area contributed by atoms with Crippen molar-refractivity contribution in [3.63, 3.8) is 0 Å². The van der Waals surface area contributed by atoms with Gasteiger partial charge in [0.2, 0.25) is 0 Å². The molecule has 0 unspecified atom stereocenters. The van der Waals surface area contributed by atoms with Crippen LogP contribution in [0.1, 0.15) is 6.42 Å². The van der Waals surface area contributed by atoms with Gasteiger partial charge in [-0.05, 0) is 30.7 Å². The zero-order valence-corrected chi connectivity index (χ0v) is 10.3. The van der Waals surface area contributed by atoms with Crippen LogP contribution < -0.4 is 10.1 Å². The van der Waals surface area contributed by atoms with Crippen molar-refractivity contribution in [3.05, 3.63) is 43.0 Å². The number of imidazole rings is 1. The molecule has 0 bridgehead atoms. The molecule has 4 nitrogen and oxygen atoms in total. The van der Waals surface area contributed by atoms with Gasteiger partial charge in [-0.25, -0.2) is 4.98 Å². The summed E-state index contributed by atoms with van der Waals surface area (Å²) in [6, 6.07) is 6.47. The fourth-order valence-corrected chi connectivity index (χ4v) is 1.67. The van der Waals surface area contributed by atoms with Gasteiger partial charge in [-0.3, -0.25) is 0 Å². The first kappa shape index (κ1) is 13.3. The highest BCUT2D eigenvalue weighted by Gasteiger charge is 2.03. The van der Waals surface area contributed by atoms with E-state index >= 15 is 0 Å². The van der Waals surface area contributed by atoms with E-state index in [-0.39, 0.29) is 5.75 Å². The minimum absolute atomic E-state index is 0.166. The standard InChI is InChI=1S/C13H15F2N3O/c14-13(15)19-12-4-2-11(3-5-12)17-6-1-8-18-9-7-16-10-18/h2-5,7,9-10,13,17H,1,6,8H2. The molecule has 102 valence electrons. The predicted octanol–water partition coefficient (Wildman–Crippen LogP) is 2.99. The molecule has 0 fully saturated rings. The summed E-state index contributed by atoms with van der Waals surface area (Å²) < 4.78 is 30.2. The van der Waals surface area contributed by atoms with Crippen LogP contribution >= 0.6 is 0 Å². The van der Waals surface area contributed by atoms with Gasteiger partial charge in [0.15, 0.2) is 0 Å². The Morgan fingerprint density at radius 1 is 1.26 bits per heavy atom. The average molecular weight is 267 g/mol. The number of nitrogens with zero attached hydrogens (tertiary/aromatic N) is 2. The Morgan fingerprint density at radius 3 is 2.68 bits per heavy atom. The Balaban J connectivity index is 1.71. The molecule has 0 amide bonds. The number of nitrogens with one attached hydrogen (secondary N) is 1. The first-order valence-electron chi connectivity index (χ1n) is 5.98. The number of benzene rings is 1. The summed E-state index contributed by atoms with van der Waals surface area (Å²) in [5.74, 6) is 0.166. The number of halogens is 2. The number of aryl methyl sites for hydroxylation is 1. The topological polar surface area (TPSA) is 39.1 Å². The van der Waals surface area contributed by atoms with Crippen LogP contribution in [0.2, 0.25) is 0 Å². The van der Waals surface area contributed by atoms with Crippen molar-refractivity contribution < 1.29 is 13.5 Å². The molecular formula is C13H15F2N3O. The van der Waals surface area contributed by atoms with Crippen LogP contribution in [0.4, 0.5) is 14.5 Å². The summed E-state index contributed by atoms with van der Waals surface area (Å²) in [7, 11) is 0. The molecule has 6 heteroatoms. The molecule has 0 aliphatic carbocycles. The van der Waals surface area contributed by atoms with E-state index in [4.69, 9.17) is 0 Å². The van der Waals surface area contributed by atoms with E-state index in [9.17, 15) is 8.78 Å². The van der Waals surface area contributed by atoms with Crippen LogP contribution in [0.3, 0.4) is 0 Å². The SMILES string of the molecule is FC(F)Oc1ccc(NCCCn2ccnc2)cc1. The van der Waals surface area contributed by atoms with Crippen molar-refractivity contribution in [1.82, 2.24) is 9.55 Å². The van der Waals surface area contributed by atoms with Gasteiger partial charge in [0, 0.05) is 31.2 Å². The van der Waals surface area contributed by atoms with E-state index in [0.717, 1.165) is 25.2 Å². The number of alkyl halides is 2. The Morgan fingerprint density at radius 2 is 2.05 bits per heavy atom. The lowest BCUT2D eigenvalue weighted by molar-refractivity contribution is -0.0498. The van der Waals surface area contributed by atoms with Crippen molar-refractivity contribution in [1.29, 1.82) is 0 Å². The maximum atomic E-state index is 12.0. The molecular weight excluding hydrogens is 252 g/mol. The summed E-state index contributed by atoms with van der Waals surface area (Å²) in [4.78, 5) is 3.96. The summed E-state index contributed by atoms with van der Waals surface area (Å²) in [6.45, 7) is -1.10. The summed E-state index contributed by atoms with van der Waals surface area (Å²) in [6.07, 6.45) is 6.38. The molecule has 0 aliphatic rings. The molecule has 1 aromatic heterocycles. The van der Waals surface area contributed by atoms with Crippen LogP contribution in [0, 0.1) is 0 Å². The Bertz CT molecular complexity index is 471. The minimum Gasteiger partial charge on any atom is -0.435 e. The predicted molar refractivity (Wildman–Crippen MR) is 68.4 cm³/mol. The fourth-order valence-electron chi connectivity index (χ4n) is 1.67. The molecule has 0 aliphatic heterocycles. The highest BCUT2D eigenvalue weighted by molar-refractivity contribution is 5.46. The third-order valence-electron chi connectivity index (χ3n) is 2.56. The molecule has 19 heavy (non-hydrogen) atoms. The lowest BCUT2D eigenvalue weighted by atomic mass is 10.3. The Hall–Kier alpha value is -2.11. The van der Waals surface area contributed by atoms with Crippen molar-refractivity contribution in [2.75, 3.05) is 11.9 Å². The molecule has 0 radical (unpaired) electrons. The average Bonchev–Trinajstić information content (AvgIpc) is 2.89. The van der Waals surface area contributed by atoms with E-state index in [1.807, 2.05) is 10.8 Å². The van der Waals surface area contributed by atoms with Gasteiger partial charge in [-0.1, -0.05) is 0 Å². The highest BCUT2D eigenvalue weighted by Crippen LogP contribution is 2.17. The second kappa shape index (κ2) is 6.72. The number of hydrogen-bond donors (Lipinski definition) is 1. The number of rotatable bonds is 7. The lowest BCUT2D eigenvalue weighted by Crippen LogP contribution is -2.06. The first-order valence-corrected chi connectivity index (χ1v) is 5.98. The van der Waals surface area contributed by atoms with Crippen molar-refractivity contribution in [3.8, 4) is 5.75 Å². The van der Waals surface area contributed by atoms with Gasteiger partial charge in [0.05, 0.1) is 6.33 Å². The highest BCUT2D eigenvalue weighted by atomic mass is 19.3. The van der Waals surface area contributed by atoms with Gasteiger partial charge in [0.1, 0.15) is 5.75 Å². The van der Waals surface area contributed by atoms with Crippen LogP contribution in [0.5, 0.6) is 5.75 Å². The van der Waals surface area contributed by atoms with Gasteiger partial charge in [-0.15, -0.1) is 0 Å². The molecule has 2 aromatic rings. The van der Waals surface area contributed by atoms with Gasteiger partial charge in [-0.2, -0.15) is 8.78 Å². The minimum atomic E-state index is -2.78. The monoisotopic (exact) mass is 267 g/mol. The first-order chi connectivity index (χ1) is 9.24. The largest absolute Gasteiger partial charge is 0.435 e. The molecule has 1 aromatic carbocycles. The van der Waals surface area contributed by atoms with Crippen molar-refractivity contribution in [2.24, 2.45) is 0 Å². The van der Waals surface area contributed by atoms with Gasteiger partial charge >= 0.3 is 6.61 Å². The van der Waals surface area contributed by atoms with E-state index in [0.29, 0.717) is 0 Å². The van der Waals surface area contributed by atoms with E-state index < -0.39 is 6.61 Å². The Labute approximate surface area is 110 Å². The second-order valence-electron chi connectivity index (χ2n) is 3.98. The number of hydrogen-bond acceptors (Lipinski definition) is 3. The summed E-state index contributed by atoms with van der Waals surface area (Å²) in [5.41, 5.74) is 0.882. The quantitative estimate of drug-likeness (QED) is 0.784. The molecule has 2 rings (SSSR count). The van der Waals surface area contributed by atoms with E-state index in [2.05, 4.69) is 15.0 Å².